The molecule has 210 valence electrons. The van der Waals surface area contributed by atoms with Gasteiger partial charge in [-0.15, -0.1) is 0 Å². The number of benzene rings is 3. The summed E-state index contributed by atoms with van der Waals surface area (Å²) in [5.41, 5.74) is 1.92. The van der Waals surface area contributed by atoms with E-state index in [1.165, 1.54) is 30.2 Å². The normalized spacial score (nSPS) is 14.5. The van der Waals surface area contributed by atoms with Crippen LogP contribution < -0.4 is 14.2 Å². The summed E-state index contributed by atoms with van der Waals surface area (Å²) < 4.78 is 36.2. The molecule has 0 saturated heterocycles. The van der Waals surface area contributed by atoms with Crippen LogP contribution in [0.15, 0.2) is 71.8 Å². The smallest absolute Gasteiger partial charge is 0.262 e. The summed E-state index contributed by atoms with van der Waals surface area (Å²) in [5, 5.41) is 5.90. The Labute approximate surface area is 232 Å². The minimum atomic E-state index is -0.712. The van der Waals surface area contributed by atoms with E-state index < -0.39 is 17.8 Å². The summed E-state index contributed by atoms with van der Waals surface area (Å²) in [7, 11) is 6.15. The number of hydrogen-bond acceptors (Lipinski definition) is 7. The van der Waals surface area contributed by atoms with E-state index in [1.807, 2.05) is 0 Å². The first-order valence-corrected chi connectivity index (χ1v) is 12.7. The Morgan fingerprint density at radius 3 is 2.30 bits per heavy atom. The van der Waals surface area contributed by atoms with Crippen LogP contribution in [0.5, 0.6) is 17.2 Å². The fraction of sp³-hybridized carbons (Fsp3) is 0.300. The summed E-state index contributed by atoms with van der Waals surface area (Å²) in [4.78, 5) is 28.5. The minimum absolute atomic E-state index is 0.175. The maximum Gasteiger partial charge on any atom is 0.262 e. The SMILES string of the molecule is COCCN(CC(=O)N1N=C(c2ccc(OC)cc2OC)C[C@H]1c1ccccc1F)C(=O)c1ccc(OC)cc1. The molecule has 4 rings (SSSR count). The molecule has 2 amide bonds. The van der Waals surface area contributed by atoms with Gasteiger partial charge in [0.25, 0.3) is 11.8 Å². The van der Waals surface area contributed by atoms with Crippen molar-refractivity contribution >= 4 is 17.5 Å². The van der Waals surface area contributed by atoms with Crippen LogP contribution in [0.4, 0.5) is 4.39 Å². The van der Waals surface area contributed by atoms with Crippen LogP contribution in [0.2, 0.25) is 0 Å². The van der Waals surface area contributed by atoms with Crippen LogP contribution in [0.25, 0.3) is 0 Å². The van der Waals surface area contributed by atoms with Crippen molar-refractivity contribution in [3.05, 3.63) is 89.2 Å². The Bertz CT molecular complexity index is 1380. The van der Waals surface area contributed by atoms with Gasteiger partial charge in [-0.1, -0.05) is 18.2 Å². The predicted molar refractivity (Wildman–Crippen MR) is 147 cm³/mol. The summed E-state index contributed by atoms with van der Waals surface area (Å²) in [6.45, 7) is 0.118. The van der Waals surface area contributed by atoms with Crippen LogP contribution in [0.3, 0.4) is 0 Å². The van der Waals surface area contributed by atoms with Crippen LogP contribution in [0, 0.1) is 5.82 Å². The van der Waals surface area contributed by atoms with Gasteiger partial charge in [-0.3, -0.25) is 9.59 Å². The molecule has 10 heteroatoms. The van der Waals surface area contributed by atoms with Gasteiger partial charge in [0.05, 0.1) is 39.7 Å². The number of methoxy groups -OCH3 is 4. The molecular weight excluding hydrogens is 517 g/mol. The Morgan fingerprint density at radius 1 is 0.950 bits per heavy atom. The zero-order chi connectivity index (χ0) is 28.6. The first-order chi connectivity index (χ1) is 19.4. The molecule has 0 spiro atoms. The van der Waals surface area contributed by atoms with E-state index in [-0.39, 0.29) is 32.0 Å². The van der Waals surface area contributed by atoms with E-state index >= 15 is 0 Å². The van der Waals surface area contributed by atoms with E-state index in [2.05, 4.69) is 5.10 Å². The maximum absolute atomic E-state index is 15.0. The lowest BCUT2D eigenvalue weighted by Gasteiger charge is -2.27. The third-order valence-corrected chi connectivity index (χ3v) is 6.67. The largest absolute Gasteiger partial charge is 0.497 e. The Morgan fingerprint density at radius 2 is 1.65 bits per heavy atom. The summed E-state index contributed by atoms with van der Waals surface area (Å²) in [6, 6.07) is 17.5. The van der Waals surface area contributed by atoms with Gasteiger partial charge in [0.2, 0.25) is 0 Å². The molecule has 3 aromatic rings. The lowest BCUT2D eigenvalue weighted by Crippen LogP contribution is -2.42. The maximum atomic E-state index is 15.0. The number of hydrazone groups is 1. The van der Waals surface area contributed by atoms with Crippen LogP contribution in [0.1, 0.15) is 33.9 Å². The molecule has 0 bridgehead atoms. The third-order valence-electron chi connectivity index (χ3n) is 6.67. The molecule has 1 aliphatic heterocycles. The molecule has 0 N–H and O–H groups in total. The quantitative estimate of drug-likeness (QED) is 0.354. The van der Waals surface area contributed by atoms with Crippen molar-refractivity contribution in [1.29, 1.82) is 0 Å². The fourth-order valence-electron chi connectivity index (χ4n) is 4.53. The average molecular weight is 550 g/mol. The number of hydrogen-bond donors (Lipinski definition) is 0. The van der Waals surface area contributed by atoms with E-state index in [9.17, 15) is 14.0 Å². The van der Waals surface area contributed by atoms with Gasteiger partial charge in [-0.25, -0.2) is 9.40 Å². The molecular formula is C30H32FN3O6. The second-order valence-electron chi connectivity index (χ2n) is 9.04. The van der Waals surface area contributed by atoms with Crippen LogP contribution in [-0.2, 0) is 9.53 Å². The standard InChI is InChI=1S/C30H32FN3O6/c1-37-16-15-33(30(36)20-9-11-21(38-2)12-10-20)19-29(35)34-27(23-7-5-6-8-25(23)31)18-26(32-34)24-14-13-22(39-3)17-28(24)40-4/h5-14,17,27H,15-16,18-19H2,1-4H3/t27-/m0/s1. The molecule has 0 radical (unpaired) electrons. The molecule has 40 heavy (non-hydrogen) atoms. The minimum Gasteiger partial charge on any atom is -0.497 e. The first-order valence-electron chi connectivity index (χ1n) is 12.7. The highest BCUT2D eigenvalue weighted by atomic mass is 19.1. The monoisotopic (exact) mass is 549 g/mol. The zero-order valence-corrected chi connectivity index (χ0v) is 22.9. The summed E-state index contributed by atoms with van der Waals surface area (Å²) in [5.74, 6) is 0.454. The van der Waals surface area contributed by atoms with Crippen molar-refractivity contribution in [3.8, 4) is 17.2 Å². The highest BCUT2D eigenvalue weighted by molar-refractivity contribution is 6.05. The molecule has 0 unspecified atom stereocenters. The van der Waals surface area contributed by atoms with Crippen molar-refractivity contribution in [3.63, 3.8) is 0 Å². The summed E-state index contributed by atoms with van der Waals surface area (Å²) >= 11 is 0. The van der Waals surface area contributed by atoms with Gasteiger partial charge >= 0.3 is 0 Å². The number of nitrogens with zero attached hydrogens (tertiary/aromatic N) is 3. The fourth-order valence-corrected chi connectivity index (χ4v) is 4.53. The number of carbonyl (C=O) groups is 2. The van der Waals surface area contributed by atoms with E-state index in [1.54, 1.807) is 74.9 Å². The van der Waals surface area contributed by atoms with E-state index in [4.69, 9.17) is 18.9 Å². The van der Waals surface area contributed by atoms with Crippen LogP contribution in [-0.4, -0.2) is 75.6 Å². The second-order valence-corrected chi connectivity index (χ2v) is 9.04. The van der Waals surface area contributed by atoms with E-state index in [0.717, 1.165) is 0 Å². The number of carbonyl (C=O) groups excluding carboxylic acids is 2. The molecule has 0 saturated carbocycles. The first kappa shape index (κ1) is 28.6. The molecule has 0 aromatic heterocycles. The van der Waals surface area contributed by atoms with Gasteiger partial charge in [0.15, 0.2) is 0 Å². The Hall–Kier alpha value is -4.44. The van der Waals surface area contributed by atoms with Gasteiger partial charge in [0.1, 0.15) is 29.6 Å². The van der Waals surface area contributed by atoms with Gasteiger partial charge < -0.3 is 23.8 Å². The molecule has 1 heterocycles. The number of amides is 2. The summed E-state index contributed by atoms with van der Waals surface area (Å²) in [6.07, 6.45) is 0.250. The number of ether oxygens (including phenoxy) is 4. The molecule has 0 fully saturated rings. The van der Waals surface area contributed by atoms with Gasteiger partial charge in [0, 0.05) is 42.8 Å². The lowest BCUT2D eigenvalue weighted by atomic mass is 9.97. The molecule has 1 aliphatic rings. The average Bonchev–Trinajstić information content (AvgIpc) is 3.44. The van der Waals surface area contributed by atoms with Crippen molar-refractivity contribution < 1.29 is 32.9 Å². The van der Waals surface area contributed by atoms with Gasteiger partial charge in [-0.05, 0) is 42.5 Å². The second kappa shape index (κ2) is 13.1. The van der Waals surface area contributed by atoms with Crippen molar-refractivity contribution in [2.24, 2.45) is 5.10 Å². The molecule has 9 nitrogen and oxygen atoms in total. The highest BCUT2D eigenvalue weighted by Crippen LogP contribution is 2.37. The Kier molecular flexibility index (Phi) is 9.34. The van der Waals surface area contributed by atoms with Crippen LogP contribution >= 0.6 is 0 Å². The Balaban J connectivity index is 1.67. The lowest BCUT2D eigenvalue weighted by molar-refractivity contribution is -0.133. The number of rotatable bonds is 11. The molecule has 1 atom stereocenters. The van der Waals surface area contributed by atoms with Crippen molar-refractivity contribution in [2.45, 2.75) is 12.5 Å². The predicted octanol–water partition coefficient (Wildman–Crippen LogP) is 4.32. The molecule has 3 aromatic carbocycles. The molecule has 0 aliphatic carbocycles. The zero-order valence-electron chi connectivity index (χ0n) is 22.9. The van der Waals surface area contributed by atoms with Gasteiger partial charge in [-0.2, -0.15) is 5.10 Å². The number of halogens is 1. The van der Waals surface area contributed by atoms with Crippen molar-refractivity contribution in [2.75, 3.05) is 48.1 Å². The topological polar surface area (TPSA) is 89.9 Å². The highest BCUT2D eigenvalue weighted by Gasteiger charge is 2.36. The van der Waals surface area contributed by atoms with Crippen molar-refractivity contribution in [1.82, 2.24) is 9.91 Å². The van der Waals surface area contributed by atoms with E-state index in [0.29, 0.717) is 39.7 Å². The third kappa shape index (κ3) is 6.23.